The third-order valence-corrected chi connectivity index (χ3v) is 4.90. The molecule has 0 saturated carbocycles. The van der Waals surface area contributed by atoms with E-state index >= 15 is 0 Å². The fraction of sp³-hybridized carbons (Fsp3) is 0. The van der Waals surface area contributed by atoms with Gasteiger partial charge in [-0.25, -0.2) is 13.4 Å². The SMILES string of the molecule is O=S(=O)(Nc1cn2ccccc2n1)c1ccc(Cl)c(Cl)c1. The van der Waals surface area contributed by atoms with Crippen molar-refractivity contribution in [3.8, 4) is 0 Å². The summed E-state index contributed by atoms with van der Waals surface area (Å²) in [4.78, 5) is 4.20. The minimum atomic E-state index is -3.77. The Kier molecular flexibility index (Phi) is 3.52. The predicted octanol–water partition coefficient (Wildman–Crippen LogP) is 3.44. The number of nitrogens with one attached hydrogen (secondary N) is 1. The summed E-state index contributed by atoms with van der Waals surface area (Å²) in [6.45, 7) is 0. The van der Waals surface area contributed by atoms with Crippen molar-refractivity contribution in [2.24, 2.45) is 0 Å². The molecule has 21 heavy (non-hydrogen) atoms. The Bertz CT molecular complexity index is 889. The van der Waals surface area contributed by atoms with Crippen LogP contribution in [0.2, 0.25) is 10.0 Å². The van der Waals surface area contributed by atoms with Crippen LogP contribution >= 0.6 is 23.2 Å². The third-order valence-electron chi connectivity index (χ3n) is 2.80. The number of halogens is 2. The normalized spacial score (nSPS) is 11.7. The number of nitrogens with zero attached hydrogens (tertiary/aromatic N) is 2. The maximum Gasteiger partial charge on any atom is 0.263 e. The molecule has 5 nitrogen and oxygen atoms in total. The lowest BCUT2D eigenvalue weighted by atomic mass is 10.4. The highest BCUT2D eigenvalue weighted by Gasteiger charge is 2.17. The molecule has 1 aromatic carbocycles. The lowest BCUT2D eigenvalue weighted by Crippen LogP contribution is -2.13. The van der Waals surface area contributed by atoms with E-state index in [1.54, 1.807) is 22.9 Å². The van der Waals surface area contributed by atoms with Crippen LogP contribution in [0.1, 0.15) is 0 Å². The van der Waals surface area contributed by atoms with Gasteiger partial charge in [0.1, 0.15) is 5.65 Å². The number of hydrogen-bond acceptors (Lipinski definition) is 3. The van der Waals surface area contributed by atoms with Gasteiger partial charge in [0.15, 0.2) is 5.82 Å². The first kappa shape index (κ1) is 14.2. The first-order valence-corrected chi connectivity index (χ1v) is 8.11. The molecule has 3 aromatic rings. The van der Waals surface area contributed by atoms with Crippen molar-refractivity contribution in [3.63, 3.8) is 0 Å². The lowest BCUT2D eigenvalue weighted by molar-refractivity contribution is 0.601. The molecule has 1 N–H and O–H groups in total. The van der Waals surface area contributed by atoms with Crippen LogP contribution in [0.25, 0.3) is 5.65 Å². The Labute approximate surface area is 131 Å². The molecule has 0 saturated heterocycles. The molecular formula is C13H9Cl2N3O2S. The van der Waals surface area contributed by atoms with Gasteiger partial charge in [0.05, 0.1) is 21.1 Å². The van der Waals surface area contributed by atoms with E-state index in [9.17, 15) is 8.42 Å². The molecule has 0 fully saturated rings. The summed E-state index contributed by atoms with van der Waals surface area (Å²) in [7, 11) is -3.77. The molecule has 2 aromatic heterocycles. The number of hydrogen-bond donors (Lipinski definition) is 1. The number of anilines is 1. The monoisotopic (exact) mass is 341 g/mol. The van der Waals surface area contributed by atoms with Crippen LogP contribution in [0.3, 0.4) is 0 Å². The molecule has 0 aliphatic carbocycles. The van der Waals surface area contributed by atoms with Gasteiger partial charge in [-0.2, -0.15) is 0 Å². The number of benzene rings is 1. The van der Waals surface area contributed by atoms with Crippen LogP contribution < -0.4 is 4.72 Å². The molecular weight excluding hydrogens is 333 g/mol. The van der Waals surface area contributed by atoms with Crippen LogP contribution in [0.4, 0.5) is 5.82 Å². The molecule has 8 heteroatoms. The molecule has 0 spiro atoms. The van der Waals surface area contributed by atoms with Gasteiger partial charge in [0.2, 0.25) is 0 Å². The van der Waals surface area contributed by atoms with E-state index in [1.165, 1.54) is 18.2 Å². The highest BCUT2D eigenvalue weighted by atomic mass is 35.5. The van der Waals surface area contributed by atoms with Gasteiger partial charge < -0.3 is 4.40 Å². The molecule has 3 rings (SSSR count). The summed E-state index contributed by atoms with van der Waals surface area (Å²) in [5.41, 5.74) is 0.643. The fourth-order valence-corrected chi connectivity index (χ4v) is 3.20. The maximum absolute atomic E-state index is 12.3. The largest absolute Gasteiger partial charge is 0.305 e. The Hall–Kier alpha value is -1.76. The smallest absolute Gasteiger partial charge is 0.263 e. The van der Waals surface area contributed by atoms with E-state index < -0.39 is 10.0 Å². The van der Waals surface area contributed by atoms with E-state index in [-0.39, 0.29) is 15.7 Å². The summed E-state index contributed by atoms with van der Waals surface area (Å²) in [5, 5.41) is 0.470. The number of fused-ring (bicyclic) bond motifs is 1. The topological polar surface area (TPSA) is 63.5 Å². The van der Waals surface area contributed by atoms with E-state index in [4.69, 9.17) is 23.2 Å². The van der Waals surface area contributed by atoms with E-state index in [2.05, 4.69) is 9.71 Å². The van der Waals surface area contributed by atoms with Crippen LogP contribution in [0.5, 0.6) is 0 Å². The van der Waals surface area contributed by atoms with Gasteiger partial charge >= 0.3 is 0 Å². The highest BCUT2D eigenvalue weighted by Crippen LogP contribution is 2.25. The Morgan fingerprint density at radius 2 is 1.90 bits per heavy atom. The summed E-state index contributed by atoms with van der Waals surface area (Å²) in [6.07, 6.45) is 3.36. The quantitative estimate of drug-likeness (QED) is 0.793. The number of rotatable bonds is 3. The number of pyridine rings is 1. The zero-order valence-electron chi connectivity index (χ0n) is 10.5. The van der Waals surface area contributed by atoms with Crippen molar-refractivity contribution >= 4 is 44.7 Å². The van der Waals surface area contributed by atoms with Gasteiger partial charge in [0.25, 0.3) is 10.0 Å². The molecule has 0 atom stereocenters. The second-order valence-corrected chi connectivity index (χ2v) is 6.77. The highest BCUT2D eigenvalue weighted by molar-refractivity contribution is 7.92. The summed E-state index contributed by atoms with van der Waals surface area (Å²) >= 11 is 11.6. The Balaban J connectivity index is 1.96. The second kappa shape index (κ2) is 5.22. The first-order valence-electron chi connectivity index (χ1n) is 5.87. The third kappa shape index (κ3) is 2.83. The molecule has 0 unspecified atom stereocenters. The number of sulfonamides is 1. The minimum absolute atomic E-state index is 0.0222. The summed E-state index contributed by atoms with van der Waals surface area (Å²) in [6, 6.07) is 9.53. The number of imidazole rings is 1. The standard InChI is InChI=1S/C13H9Cl2N3O2S/c14-10-5-4-9(7-11(10)15)21(19,20)17-12-8-18-6-2-1-3-13(18)16-12/h1-8,17H. The van der Waals surface area contributed by atoms with Gasteiger partial charge in [0, 0.05) is 6.20 Å². The van der Waals surface area contributed by atoms with Gasteiger partial charge in [-0.05, 0) is 30.3 Å². The molecule has 0 radical (unpaired) electrons. The average Bonchev–Trinajstić information content (AvgIpc) is 2.82. The van der Waals surface area contributed by atoms with E-state index in [0.29, 0.717) is 10.7 Å². The maximum atomic E-state index is 12.3. The fourth-order valence-electron chi connectivity index (χ4n) is 1.82. The van der Waals surface area contributed by atoms with Crippen LogP contribution in [0, 0.1) is 0 Å². The zero-order valence-corrected chi connectivity index (χ0v) is 12.8. The van der Waals surface area contributed by atoms with Crippen LogP contribution in [-0.2, 0) is 10.0 Å². The second-order valence-electron chi connectivity index (χ2n) is 4.27. The van der Waals surface area contributed by atoms with Gasteiger partial charge in [-0.15, -0.1) is 0 Å². The molecule has 0 aliphatic heterocycles. The molecule has 0 bridgehead atoms. The van der Waals surface area contributed by atoms with Crippen molar-refractivity contribution in [2.75, 3.05) is 4.72 Å². The lowest BCUT2D eigenvalue weighted by Gasteiger charge is -2.06. The average molecular weight is 342 g/mol. The Morgan fingerprint density at radius 3 is 2.62 bits per heavy atom. The minimum Gasteiger partial charge on any atom is -0.305 e. The van der Waals surface area contributed by atoms with E-state index in [1.807, 2.05) is 12.1 Å². The molecule has 2 heterocycles. The van der Waals surface area contributed by atoms with Crippen molar-refractivity contribution in [1.29, 1.82) is 0 Å². The number of aromatic nitrogens is 2. The van der Waals surface area contributed by atoms with Crippen molar-refractivity contribution in [2.45, 2.75) is 4.90 Å². The summed E-state index contributed by atoms with van der Waals surface area (Å²) in [5.74, 6) is 0.229. The van der Waals surface area contributed by atoms with Gasteiger partial charge in [-0.3, -0.25) is 4.72 Å². The summed E-state index contributed by atoms with van der Waals surface area (Å²) < 4.78 is 28.7. The van der Waals surface area contributed by atoms with Crippen LogP contribution in [-0.4, -0.2) is 17.8 Å². The first-order chi connectivity index (χ1) is 9.95. The van der Waals surface area contributed by atoms with Crippen molar-refractivity contribution in [3.05, 3.63) is 58.8 Å². The molecule has 108 valence electrons. The van der Waals surface area contributed by atoms with Crippen molar-refractivity contribution < 1.29 is 8.42 Å². The van der Waals surface area contributed by atoms with Gasteiger partial charge in [-0.1, -0.05) is 29.3 Å². The van der Waals surface area contributed by atoms with E-state index in [0.717, 1.165) is 0 Å². The Morgan fingerprint density at radius 1 is 1.10 bits per heavy atom. The zero-order chi connectivity index (χ0) is 15.0. The van der Waals surface area contributed by atoms with Crippen molar-refractivity contribution in [1.82, 2.24) is 9.38 Å². The van der Waals surface area contributed by atoms with Crippen LogP contribution in [0.15, 0.2) is 53.7 Å². The molecule has 0 amide bonds. The predicted molar refractivity (Wildman–Crippen MR) is 82.5 cm³/mol. The molecule has 0 aliphatic rings.